The molecule has 1 aromatic heterocycles. The van der Waals surface area contributed by atoms with E-state index in [9.17, 15) is 8.42 Å². The monoisotopic (exact) mass is 307 g/mol. The van der Waals surface area contributed by atoms with Crippen molar-refractivity contribution in [2.75, 3.05) is 24.7 Å². The Balaban J connectivity index is 2.23. The summed E-state index contributed by atoms with van der Waals surface area (Å²) in [5.41, 5.74) is 0. The minimum absolute atomic E-state index is 0.0523. The molecule has 1 aliphatic rings. The van der Waals surface area contributed by atoms with Crippen LogP contribution in [0.4, 0.5) is 0 Å². The molecule has 1 aliphatic heterocycles. The number of hydrogen-bond donors (Lipinski definition) is 1. The topological polar surface area (TPSA) is 57.6 Å². The Labute approximate surface area is 116 Å². The molecule has 1 aromatic rings. The van der Waals surface area contributed by atoms with Crippen molar-refractivity contribution in [1.82, 2.24) is 4.31 Å². The maximum atomic E-state index is 12.5. The van der Waals surface area contributed by atoms with Crippen molar-refractivity contribution in [3.05, 3.63) is 17.0 Å². The minimum Gasteiger partial charge on any atom is -0.396 e. The molecule has 2 heterocycles. The zero-order chi connectivity index (χ0) is 13.2. The quantitative estimate of drug-likeness (QED) is 0.914. The maximum Gasteiger partial charge on any atom is 0.252 e. The van der Waals surface area contributed by atoms with Gasteiger partial charge in [-0.3, -0.25) is 0 Å². The first kappa shape index (κ1) is 14.3. The van der Waals surface area contributed by atoms with E-state index in [4.69, 9.17) is 5.11 Å². The lowest BCUT2D eigenvalue weighted by molar-refractivity contribution is 0.300. The van der Waals surface area contributed by atoms with Crippen molar-refractivity contribution in [1.29, 1.82) is 0 Å². The Kier molecular flexibility index (Phi) is 4.71. The Morgan fingerprint density at radius 1 is 1.50 bits per heavy atom. The van der Waals surface area contributed by atoms with E-state index in [1.54, 1.807) is 28.2 Å². The van der Waals surface area contributed by atoms with Gasteiger partial charge in [0.05, 0.1) is 0 Å². The van der Waals surface area contributed by atoms with E-state index in [-0.39, 0.29) is 12.6 Å². The highest BCUT2D eigenvalue weighted by Gasteiger charge is 2.32. The molecule has 0 amide bonds. The molecule has 0 saturated carbocycles. The van der Waals surface area contributed by atoms with E-state index < -0.39 is 10.0 Å². The van der Waals surface area contributed by atoms with Crippen LogP contribution in [-0.4, -0.2) is 48.5 Å². The van der Waals surface area contributed by atoms with Crippen molar-refractivity contribution in [2.24, 2.45) is 0 Å². The number of aliphatic hydroxyl groups excluding tert-OH is 1. The maximum absolute atomic E-state index is 12.5. The summed E-state index contributed by atoms with van der Waals surface area (Å²) in [7, 11) is -3.35. The van der Waals surface area contributed by atoms with Crippen molar-refractivity contribution in [3.63, 3.8) is 0 Å². The van der Waals surface area contributed by atoms with Gasteiger partial charge < -0.3 is 5.11 Å². The molecule has 1 atom stereocenters. The van der Waals surface area contributed by atoms with Crippen LogP contribution in [0.15, 0.2) is 16.3 Å². The van der Waals surface area contributed by atoms with E-state index in [1.807, 2.05) is 6.92 Å². The number of hydrogen-bond acceptors (Lipinski definition) is 5. The molecule has 1 N–H and O–H groups in total. The minimum atomic E-state index is -3.35. The van der Waals surface area contributed by atoms with E-state index >= 15 is 0 Å². The molecular formula is C11H17NO3S3. The molecular weight excluding hydrogens is 290 g/mol. The van der Waals surface area contributed by atoms with Crippen LogP contribution in [0.5, 0.6) is 0 Å². The van der Waals surface area contributed by atoms with Gasteiger partial charge in [-0.15, -0.1) is 11.3 Å². The Morgan fingerprint density at radius 3 is 2.94 bits per heavy atom. The Morgan fingerprint density at radius 2 is 2.28 bits per heavy atom. The zero-order valence-corrected chi connectivity index (χ0v) is 12.7. The Hall–Kier alpha value is -0.0800. The fourth-order valence-electron chi connectivity index (χ4n) is 1.93. The summed E-state index contributed by atoms with van der Waals surface area (Å²) < 4.78 is 26.9. The fraction of sp³-hybridized carbons (Fsp3) is 0.636. The summed E-state index contributed by atoms with van der Waals surface area (Å²) in [5, 5.41) is 8.87. The summed E-state index contributed by atoms with van der Waals surface area (Å²) in [6.07, 6.45) is 0.519. The highest BCUT2D eigenvalue weighted by molar-refractivity contribution is 7.99. The highest BCUT2D eigenvalue weighted by atomic mass is 32.2. The summed E-state index contributed by atoms with van der Waals surface area (Å²) >= 11 is 3.06. The number of aliphatic hydroxyl groups is 1. The lowest BCUT2D eigenvalue weighted by Gasteiger charge is -2.31. The largest absolute Gasteiger partial charge is 0.396 e. The van der Waals surface area contributed by atoms with Crippen LogP contribution in [0, 0.1) is 0 Å². The van der Waals surface area contributed by atoms with Gasteiger partial charge in [-0.25, -0.2) is 8.42 Å². The van der Waals surface area contributed by atoms with Gasteiger partial charge in [-0.1, -0.05) is 0 Å². The highest BCUT2D eigenvalue weighted by Crippen LogP contribution is 2.29. The van der Waals surface area contributed by atoms with Gasteiger partial charge in [0.25, 0.3) is 10.0 Å². The fourth-order valence-corrected chi connectivity index (χ4v) is 6.25. The van der Waals surface area contributed by atoms with E-state index in [0.717, 1.165) is 16.4 Å². The van der Waals surface area contributed by atoms with Gasteiger partial charge in [-0.2, -0.15) is 16.1 Å². The smallest absolute Gasteiger partial charge is 0.252 e. The number of thioether (sulfide) groups is 1. The third-order valence-electron chi connectivity index (χ3n) is 2.86. The van der Waals surface area contributed by atoms with Gasteiger partial charge in [0.2, 0.25) is 0 Å². The number of rotatable bonds is 4. The Bertz CT molecular complexity index is 497. The summed E-state index contributed by atoms with van der Waals surface area (Å²) in [6, 6.07) is 3.49. The molecule has 4 nitrogen and oxygen atoms in total. The third kappa shape index (κ3) is 2.91. The second-order valence-electron chi connectivity index (χ2n) is 4.23. The van der Waals surface area contributed by atoms with E-state index in [2.05, 4.69) is 0 Å². The van der Waals surface area contributed by atoms with Crippen molar-refractivity contribution < 1.29 is 13.5 Å². The first-order valence-corrected chi connectivity index (χ1v) is 9.26. The van der Waals surface area contributed by atoms with Crippen molar-refractivity contribution in [2.45, 2.75) is 23.6 Å². The van der Waals surface area contributed by atoms with Gasteiger partial charge in [-0.05, 0) is 19.1 Å². The lowest BCUT2D eigenvalue weighted by Crippen LogP contribution is -2.44. The predicted molar refractivity (Wildman–Crippen MR) is 75.8 cm³/mol. The molecule has 1 fully saturated rings. The van der Waals surface area contributed by atoms with Crippen LogP contribution >= 0.6 is 23.1 Å². The summed E-state index contributed by atoms with van der Waals surface area (Å²) in [5.74, 6) is 1.71. The molecule has 0 aliphatic carbocycles. The van der Waals surface area contributed by atoms with Crippen LogP contribution in [0.3, 0.4) is 0 Å². The lowest BCUT2D eigenvalue weighted by atomic mass is 10.4. The number of sulfonamides is 1. The van der Waals surface area contributed by atoms with Crippen LogP contribution in [0.2, 0.25) is 0 Å². The van der Waals surface area contributed by atoms with Gasteiger partial charge >= 0.3 is 0 Å². The molecule has 1 unspecified atom stereocenters. The van der Waals surface area contributed by atoms with Crippen LogP contribution in [0.1, 0.15) is 11.8 Å². The van der Waals surface area contributed by atoms with Gasteiger partial charge in [0.1, 0.15) is 4.21 Å². The molecule has 0 spiro atoms. The summed E-state index contributed by atoms with van der Waals surface area (Å²) in [6.45, 7) is 2.59. The number of nitrogens with zero attached hydrogens (tertiary/aromatic N) is 1. The average Bonchev–Trinajstić information content (AvgIpc) is 2.79. The molecule has 0 aromatic carbocycles. The zero-order valence-electron chi connectivity index (χ0n) is 10.2. The van der Waals surface area contributed by atoms with Crippen LogP contribution < -0.4 is 0 Å². The third-order valence-corrected chi connectivity index (χ3v) is 7.68. The van der Waals surface area contributed by atoms with E-state index in [0.29, 0.717) is 17.2 Å². The molecule has 1 saturated heterocycles. The van der Waals surface area contributed by atoms with Crippen molar-refractivity contribution >= 4 is 33.1 Å². The molecule has 2 rings (SSSR count). The molecule has 0 radical (unpaired) electrons. The molecule has 7 heteroatoms. The van der Waals surface area contributed by atoms with Gasteiger partial charge in [0, 0.05) is 42.0 Å². The van der Waals surface area contributed by atoms with Crippen LogP contribution in [-0.2, 0) is 16.4 Å². The summed E-state index contributed by atoms with van der Waals surface area (Å²) in [4.78, 5) is 0.912. The van der Waals surface area contributed by atoms with Gasteiger partial charge in [0.15, 0.2) is 0 Å². The molecule has 102 valence electrons. The predicted octanol–water partition coefficient (Wildman–Crippen LogP) is 1.41. The van der Waals surface area contributed by atoms with Crippen LogP contribution in [0.25, 0.3) is 0 Å². The van der Waals surface area contributed by atoms with Crippen molar-refractivity contribution in [3.8, 4) is 0 Å². The second-order valence-corrected chi connectivity index (χ2v) is 8.67. The second kappa shape index (κ2) is 5.92. The first-order valence-electron chi connectivity index (χ1n) is 5.85. The van der Waals surface area contributed by atoms with E-state index in [1.165, 1.54) is 11.3 Å². The average molecular weight is 307 g/mol. The SMILES string of the molecule is CC1CSCCN1S(=O)(=O)c1ccc(CCO)s1. The molecule has 18 heavy (non-hydrogen) atoms. The first-order chi connectivity index (χ1) is 8.55. The molecule has 0 bridgehead atoms. The standard InChI is InChI=1S/C11H17NO3S3/c1-9-8-16-7-5-12(9)18(14,15)11-3-2-10(17-11)4-6-13/h2-3,9,13H,4-8H2,1H3. The number of thiophene rings is 1. The normalized spacial score (nSPS) is 22.2.